The minimum absolute atomic E-state index is 0.0988. The molecule has 0 aliphatic carbocycles. The molecule has 0 radical (unpaired) electrons. The van der Waals surface area contributed by atoms with E-state index < -0.39 is 16.5 Å². The van der Waals surface area contributed by atoms with E-state index in [4.69, 9.17) is 11.6 Å². The standard InChI is InChI=1S/C14H11ClN2O4/c1-8-7-9(5-6-12(8)18)16-14(19)10-3-2-4-11(15)13(10)17(20)21/h2-7,18H,1H3,(H,16,19). The maximum atomic E-state index is 12.2. The Kier molecular flexibility index (Phi) is 4.09. The van der Waals surface area contributed by atoms with Gasteiger partial charge in [-0.1, -0.05) is 17.7 Å². The summed E-state index contributed by atoms with van der Waals surface area (Å²) >= 11 is 5.76. The number of hydrogen-bond acceptors (Lipinski definition) is 4. The fourth-order valence-corrected chi connectivity index (χ4v) is 2.06. The third-order valence-corrected chi connectivity index (χ3v) is 3.17. The van der Waals surface area contributed by atoms with Crippen molar-refractivity contribution in [2.45, 2.75) is 6.92 Å². The number of benzene rings is 2. The van der Waals surface area contributed by atoms with Gasteiger partial charge in [0.05, 0.1) is 4.92 Å². The minimum Gasteiger partial charge on any atom is -0.508 e. The number of aromatic hydroxyl groups is 1. The van der Waals surface area contributed by atoms with Gasteiger partial charge in [0.2, 0.25) is 0 Å². The van der Waals surface area contributed by atoms with E-state index in [1.807, 2.05) is 0 Å². The van der Waals surface area contributed by atoms with Gasteiger partial charge in [-0.25, -0.2) is 0 Å². The maximum absolute atomic E-state index is 12.2. The second-order valence-corrected chi connectivity index (χ2v) is 4.76. The number of nitrogens with zero attached hydrogens (tertiary/aromatic N) is 1. The van der Waals surface area contributed by atoms with E-state index in [1.165, 1.54) is 30.3 Å². The highest BCUT2D eigenvalue weighted by Crippen LogP contribution is 2.29. The Morgan fingerprint density at radius 1 is 1.33 bits per heavy atom. The second kappa shape index (κ2) is 5.80. The molecular weight excluding hydrogens is 296 g/mol. The molecule has 0 fully saturated rings. The molecule has 0 atom stereocenters. The number of aryl methyl sites for hydroxylation is 1. The zero-order chi connectivity index (χ0) is 15.6. The van der Waals surface area contributed by atoms with Crippen LogP contribution in [-0.4, -0.2) is 15.9 Å². The smallest absolute Gasteiger partial charge is 0.300 e. The summed E-state index contributed by atoms with van der Waals surface area (Å²) in [7, 11) is 0. The molecule has 6 nitrogen and oxygen atoms in total. The molecule has 0 aliphatic heterocycles. The number of rotatable bonds is 3. The van der Waals surface area contributed by atoms with Crippen molar-refractivity contribution >= 4 is 28.9 Å². The molecule has 0 aromatic heterocycles. The van der Waals surface area contributed by atoms with Crippen LogP contribution < -0.4 is 5.32 Å². The lowest BCUT2D eigenvalue weighted by atomic mass is 10.1. The first-order chi connectivity index (χ1) is 9.90. The lowest BCUT2D eigenvalue weighted by Gasteiger charge is -2.08. The Balaban J connectivity index is 2.35. The molecule has 0 bridgehead atoms. The summed E-state index contributed by atoms with van der Waals surface area (Å²) in [5.41, 5.74) is 0.434. The van der Waals surface area contributed by atoms with Crippen molar-refractivity contribution in [3.63, 3.8) is 0 Å². The first-order valence-electron chi connectivity index (χ1n) is 5.94. The van der Waals surface area contributed by atoms with Gasteiger partial charge in [0.15, 0.2) is 0 Å². The average molecular weight is 307 g/mol. The van der Waals surface area contributed by atoms with Crippen LogP contribution in [0, 0.1) is 17.0 Å². The summed E-state index contributed by atoms with van der Waals surface area (Å²) in [5.74, 6) is -0.545. The zero-order valence-corrected chi connectivity index (χ0v) is 11.7. The number of anilines is 1. The molecule has 7 heteroatoms. The van der Waals surface area contributed by atoms with Crippen LogP contribution in [-0.2, 0) is 0 Å². The van der Waals surface area contributed by atoms with Gasteiger partial charge in [-0.15, -0.1) is 0 Å². The highest BCUT2D eigenvalue weighted by atomic mass is 35.5. The number of halogens is 1. The highest BCUT2D eigenvalue weighted by molar-refractivity contribution is 6.33. The van der Waals surface area contributed by atoms with E-state index in [9.17, 15) is 20.0 Å². The SMILES string of the molecule is Cc1cc(NC(=O)c2cccc(Cl)c2[N+](=O)[O-])ccc1O. The first kappa shape index (κ1) is 14.8. The van der Waals surface area contributed by atoms with Gasteiger partial charge >= 0.3 is 5.69 Å². The molecule has 0 saturated carbocycles. The number of nitrogens with one attached hydrogen (secondary N) is 1. The number of phenols is 1. The van der Waals surface area contributed by atoms with Crippen LogP contribution in [0.5, 0.6) is 5.75 Å². The number of para-hydroxylation sites is 1. The van der Waals surface area contributed by atoms with E-state index >= 15 is 0 Å². The zero-order valence-electron chi connectivity index (χ0n) is 11.0. The molecule has 0 aliphatic rings. The third-order valence-electron chi connectivity index (χ3n) is 2.87. The molecule has 0 saturated heterocycles. The third kappa shape index (κ3) is 3.11. The van der Waals surface area contributed by atoms with Gasteiger partial charge in [0.25, 0.3) is 5.91 Å². The van der Waals surface area contributed by atoms with E-state index in [1.54, 1.807) is 13.0 Å². The second-order valence-electron chi connectivity index (χ2n) is 4.35. The summed E-state index contributed by atoms with van der Waals surface area (Å²) in [5, 5.41) is 22.9. The Hall–Kier alpha value is -2.60. The quantitative estimate of drug-likeness (QED) is 0.515. The number of carbonyl (C=O) groups is 1. The van der Waals surface area contributed by atoms with Crippen molar-refractivity contribution in [3.05, 3.63) is 62.7 Å². The molecule has 2 aromatic rings. The van der Waals surface area contributed by atoms with Crippen LogP contribution in [0.4, 0.5) is 11.4 Å². The lowest BCUT2D eigenvalue weighted by molar-refractivity contribution is -0.385. The van der Waals surface area contributed by atoms with Crippen molar-refractivity contribution < 1.29 is 14.8 Å². The Labute approximate surface area is 125 Å². The fraction of sp³-hybridized carbons (Fsp3) is 0.0714. The summed E-state index contributed by atoms with van der Waals surface area (Å²) in [4.78, 5) is 22.5. The lowest BCUT2D eigenvalue weighted by Crippen LogP contribution is -2.14. The molecular formula is C14H11ClN2O4. The molecule has 21 heavy (non-hydrogen) atoms. The molecule has 108 valence electrons. The van der Waals surface area contributed by atoms with E-state index in [2.05, 4.69) is 5.32 Å². The first-order valence-corrected chi connectivity index (χ1v) is 6.32. The molecule has 1 amide bonds. The monoisotopic (exact) mass is 306 g/mol. The molecule has 2 aromatic carbocycles. The van der Waals surface area contributed by atoms with Crippen molar-refractivity contribution in [3.8, 4) is 5.75 Å². The van der Waals surface area contributed by atoms with Crippen molar-refractivity contribution in [1.29, 1.82) is 0 Å². The van der Waals surface area contributed by atoms with E-state index in [0.29, 0.717) is 11.3 Å². The van der Waals surface area contributed by atoms with Crippen LogP contribution in [0.25, 0.3) is 0 Å². The summed E-state index contributed by atoms with van der Waals surface area (Å²) in [6, 6.07) is 8.62. The van der Waals surface area contributed by atoms with E-state index in [0.717, 1.165) is 0 Å². The van der Waals surface area contributed by atoms with Crippen LogP contribution in [0.15, 0.2) is 36.4 Å². The normalized spacial score (nSPS) is 10.2. The summed E-state index contributed by atoms with van der Waals surface area (Å²) in [6.45, 7) is 1.67. The van der Waals surface area contributed by atoms with Gasteiger partial charge in [0.1, 0.15) is 16.3 Å². The van der Waals surface area contributed by atoms with Gasteiger partial charge in [-0.3, -0.25) is 14.9 Å². The predicted molar refractivity (Wildman–Crippen MR) is 78.9 cm³/mol. The van der Waals surface area contributed by atoms with Gasteiger partial charge in [-0.05, 0) is 42.8 Å². The van der Waals surface area contributed by atoms with Crippen LogP contribution in [0.3, 0.4) is 0 Å². The fourth-order valence-electron chi connectivity index (χ4n) is 1.82. The number of nitro benzene ring substituents is 1. The van der Waals surface area contributed by atoms with Gasteiger partial charge in [0, 0.05) is 5.69 Å². The molecule has 0 heterocycles. The topological polar surface area (TPSA) is 92.5 Å². The number of carbonyl (C=O) groups excluding carboxylic acids is 1. The van der Waals surface area contributed by atoms with Crippen molar-refractivity contribution in [2.24, 2.45) is 0 Å². The predicted octanol–water partition coefficient (Wildman–Crippen LogP) is 3.51. The summed E-state index contributed by atoms with van der Waals surface area (Å²) in [6.07, 6.45) is 0. The van der Waals surface area contributed by atoms with Crippen LogP contribution in [0.2, 0.25) is 5.02 Å². The molecule has 2 rings (SSSR count). The number of amides is 1. The number of nitro groups is 1. The molecule has 0 unspecified atom stereocenters. The largest absolute Gasteiger partial charge is 0.508 e. The Morgan fingerprint density at radius 3 is 2.67 bits per heavy atom. The average Bonchev–Trinajstić information content (AvgIpc) is 2.42. The minimum atomic E-state index is -0.695. The van der Waals surface area contributed by atoms with Crippen LogP contribution >= 0.6 is 11.6 Å². The van der Waals surface area contributed by atoms with Crippen molar-refractivity contribution in [2.75, 3.05) is 5.32 Å². The van der Waals surface area contributed by atoms with Crippen LogP contribution in [0.1, 0.15) is 15.9 Å². The van der Waals surface area contributed by atoms with Gasteiger partial charge < -0.3 is 10.4 Å². The highest BCUT2D eigenvalue weighted by Gasteiger charge is 2.23. The van der Waals surface area contributed by atoms with Gasteiger partial charge in [-0.2, -0.15) is 0 Å². The molecule has 0 spiro atoms. The number of hydrogen-bond donors (Lipinski definition) is 2. The number of phenolic OH excluding ortho intramolecular Hbond substituents is 1. The van der Waals surface area contributed by atoms with Crippen molar-refractivity contribution in [1.82, 2.24) is 0 Å². The Bertz CT molecular complexity index is 731. The maximum Gasteiger partial charge on any atom is 0.300 e. The summed E-state index contributed by atoms with van der Waals surface area (Å²) < 4.78 is 0. The Morgan fingerprint density at radius 2 is 2.05 bits per heavy atom. The van der Waals surface area contributed by atoms with E-state index in [-0.39, 0.29) is 16.3 Å². The molecule has 2 N–H and O–H groups in total.